The first-order chi connectivity index (χ1) is 16.9. The summed E-state index contributed by atoms with van der Waals surface area (Å²) in [6.07, 6.45) is 9.96. The highest BCUT2D eigenvalue weighted by Crippen LogP contribution is 2.47. The quantitative estimate of drug-likeness (QED) is 0.304. The molecule has 3 heteroatoms. The number of allylic oxidation sites excluding steroid dienone is 2. The van der Waals surface area contributed by atoms with Gasteiger partial charge in [0.25, 0.3) is 0 Å². The number of ether oxygens (including phenoxy) is 1. The van der Waals surface area contributed by atoms with Crippen molar-refractivity contribution in [3.05, 3.63) is 133 Å². The molecule has 1 aromatic heterocycles. The summed E-state index contributed by atoms with van der Waals surface area (Å²) in [6.45, 7) is 0. The van der Waals surface area contributed by atoms with Crippen molar-refractivity contribution in [2.75, 3.05) is 0 Å². The fourth-order valence-corrected chi connectivity index (χ4v) is 5.21. The van der Waals surface area contributed by atoms with Gasteiger partial charge in [0, 0.05) is 35.5 Å². The van der Waals surface area contributed by atoms with Crippen LogP contribution in [0.15, 0.2) is 122 Å². The zero-order valence-electron chi connectivity index (χ0n) is 18.4. The second-order valence-corrected chi connectivity index (χ2v) is 8.60. The maximum atomic E-state index is 6.12. The normalized spacial score (nSPS) is 17.5. The van der Waals surface area contributed by atoms with E-state index < -0.39 is 0 Å². The molecule has 0 N–H and O–H groups in total. The summed E-state index contributed by atoms with van der Waals surface area (Å²) in [5.41, 5.74) is 11.4. The first-order valence-electron chi connectivity index (χ1n) is 11.5. The Hall–Kier alpha value is -4.50. The molecule has 0 bridgehead atoms. The summed E-state index contributed by atoms with van der Waals surface area (Å²) in [7, 11) is 0. The number of rotatable bonds is 1. The number of aromatic nitrogens is 1. The highest BCUT2D eigenvalue weighted by Gasteiger charge is 2.35. The third-order valence-electron chi connectivity index (χ3n) is 6.73. The second kappa shape index (κ2) is 7.53. The maximum absolute atomic E-state index is 6.12. The van der Waals surface area contributed by atoms with Crippen LogP contribution < -0.4 is 0 Å². The van der Waals surface area contributed by atoms with Gasteiger partial charge in [-0.1, -0.05) is 72.8 Å². The molecule has 3 aliphatic rings. The number of nitrogens with zero attached hydrogens (tertiary/aromatic N) is 2. The SMILES string of the molecule is C1=C[N+](c2ccccc2)=C2C=C3C(=CC2O1)c1ncccc1-c1ccccc1-c1ccccc13. The Morgan fingerprint density at radius 1 is 0.647 bits per heavy atom. The van der Waals surface area contributed by atoms with Crippen molar-refractivity contribution in [1.82, 2.24) is 4.98 Å². The summed E-state index contributed by atoms with van der Waals surface area (Å²) >= 11 is 0. The van der Waals surface area contributed by atoms with E-state index in [1.54, 1.807) is 6.26 Å². The molecule has 160 valence electrons. The fraction of sp³-hybridized carbons (Fsp3) is 0.0323. The van der Waals surface area contributed by atoms with E-state index in [1.165, 1.54) is 22.3 Å². The lowest BCUT2D eigenvalue weighted by Crippen LogP contribution is -2.31. The van der Waals surface area contributed by atoms with Crippen LogP contribution in [0.2, 0.25) is 0 Å². The van der Waals surface area contributed by atoms with Crippen LogP contribution in [0, 0.1) is 0 Å². The van der Waals surface area contributed by atoms with Gasteiger partial charge in [-0.25, -0.2) is 0 Å². The average Bonchev–Trinajstić information content (AvgIpc) is 2.92. The van der Waals surface area contributed by atoms with Crippen LogP contribution in [0.1, 0.15) is 11.3 Å². The summed E-state index contributed by atoms with van der Waals surface area (Å²) in [5.74, 6) is 0. The molecule has 7 rings (SSSR count). The number of fused-ring (bicyclic) bond motifs is 9. The Morgan fingerprint density at radius 2 is 1.29 bits per heavy atom. The average molecular weight is 438 g/mol. The molecule has 0 spiro atoms. The van der Waals surface area contributed by atoms with Gasteiger partial charge in [-0.15, -0.1) is 0 Å². The molecule has 0 saturated heterocycles. The van der Waals surface area contributed by atoms with Crippen LogP contribution >= 0.6 is 0 Å². The zero-order valence-corrected chi connectivity index (χ0v) is 18.4. The third-order valence-corrected chi connectivity index (χ3v) is 6.73. The van der Waals surface area contributed by atoms with Crippen molar-refractivity contribution in [3.8, 4) is 22.3 Å². The Kier molecular flexibility index (Phi) is 4.21. The molecular formula is C31H21N2O+. The Bertz CT molecular complexity index is 1570. The first kappa shape index (κ1) is 19.0. The Balaban J connectivity index is 1.57. The molecule has 4 aromatic rings. The molecule has 0 radical (unpaired) electrons. The highest BCUT2D eigenvalue weighted by atomic mass is 16.5. The zero-order chi connectivity index (χ0) is 22.5. The van der Waals surface area contributed by atoms with E-state index in [0.29, 0.717) is 0 Å². The van der Waals surface area contributed by atoms with Crippen LogP contribution in [0.5, 0.6) is 0 Å². The summed E-state index contributed by atoms with van der Waals surface area (Å²) < 4.78 is 8.33. The van der Waals surface area contributed by atoms with Crippen molar-refractivity contribution in [2.45, 2.75) is 6.10 Å². The van der Waals surface area contributed by atoms with Crippen LogP contribution in [0.4, 0.5) is 5.69 Å². The lowest BCUT2D eigenvalue weighted by atomic mass is 9.78. The van der Waals surface area contributed by atoms with Gasteiger partial charge in [0.1, 0.15) is 6.26 Å². The molecule has 3 nitrogen and oxygen atoms in total. The van der Waals surface area contributed by atoms with Crippen LogP contribution in [-0.4, -0.2) is 21.4 Å². The van der Waals surface area contributed by atoms with E-state index in [2.05, 4.69) is 95.6 Å². The van der Waals surface area contributed by atoms with Crippen molar-refractivity contribution < 1.29 is 9.31 Å². The number of hydrogen-bond acceptors (Lipinski definition) is 2. The van der Waals surface area contributed by atoms with Crippen molar-refractivity contribution in [2.24, 2.45) is 0 Å². The van der Waals surface area contributed by atoms with Crippen molar-refractivity contribution in [3.63, 3.8) is 0 Å². The van der Waals surface area contributed by atoms with E-state index in [1.807, 2.05) is 24.5 Å². The molecule has 1 atom stereocenters. The van der Waals surface area contributed by atoms with Gasteiger partial charge >= 0.3 is 0 Å². The molecule has 3 aromatic carbocycles. The molecule has 34 heavy (non-hydrogen) atoms. The predicted octanol–water partition coefficient (Wildman–Crippen LogP) is 6.86. The minimum atomic E-state index is -0.194. The molecule has 0 amide bonds. The minimum absolute atomic E-state index is 0.194. The largest absolute Gasteiger partial charge is 0.477 e. The van der Waals surface area contributed by atoms with Gasteiger partial charge in [-0.3, -0.25) is 4.98 Å². The van der Waals surface area contributed by atoms with Gasteiger partial charge in [0.2, 0.25) is 23.7 Å². The minimum Gasteiger partial charge on any atom is -0.477 e. The van der Waals surface area contributed by atoms with Crippen LogP contribution in [-0.2, 0) is 4.74 Å². The molecule has 2 heterocycles. The Morgan fingerprint density at radius 3 is 2.09 bits per heavy atom. The lowest BCUT2D eigenvalue weighted by Gasteiger charge is -2.28. The molecular weight excluding hydrogens is 416 g/mol. The van der Waals surface area contributed by atoms with E-state index in [4.69, 9.17) is 9.72 Å². The number of benzene rings is 3. The maximum Gasteiger partial charge on any atom is 0.233 e. The fourth-order valence-electron chi connectivity index (χ4n) is 5.21. The number of hydrogen-bond donors (Lipinski definition) is 0. The monoisotopic (exact) mass is 437 g/mol. The molecule has 1 aliphatic heterocycles. The van der Waals surface area contributed by atoms with E-state index in [9.17, 15) is 0 Å². The van der Waals surface area contributed by atoms with Gasteiger partial charge in [-0.2, -0.15) is 4.58 Å². The van der Waals surface area contributed by atoms with E-state index in [-0.39, 0.29) is 6.10 Å². The first-order valence-corrected chi connectivity index (χ1v) is 11.5. The standard InChI is InChI=1S/C31H21N2O/c1-2-9-21(10-3-1)33-17-18-34-30-20-28-27(19-29(30)33)25-14-7-5-12-23(25)22-11-4-6-13-24(22)26-15-8-16-32-31(26)28/h1-20,30H/q+1. The molecule has 0 fully saturated rings. The van der Waals surface area contributed by atoms with Gasteiger partial charge in [0.15, 0.2) is 0 Å². The molecule has 2 aliphatic carbocycles. The van der Waals surface area contributed by atoms with Crippen molar-refractivity contribution >= 4 is 22.5 Å². The topological polar surface area (TPSA) is 25.1 Å². The van der Waals surface area contributed by atoms with Gasteiger partial charge in [0.05, 0.1) is 5.69 Å². The van der Waals surface area contributed by atoms with E-state index in [0.717, 1.165) is 33.8 Å². The van der Waals surface area contributed by atoms with Gasteiger partial charge < -0.3 is 4.74 Å². The second-order valence-electron chi connectivity index (χ2n) is 8.60. The third kappa shape index (κ3) is 2.84. The summed E-state index contributed by atoms with van der Waals surface area (Å²) in [5, 5.41) is 0. The number of pyridine rings is 1. The smallest absolute Gasteiger partial charge is 0.233 e. The molecule has 0 saturated carbocycles. The number of para-hydroxylation sites is 1. The molecule has 1 unspecified atom stereocenters. The lowest BCUT2D eigenvalue weighted by molar-refractivity contribution is -0.370. The predicted molar refractivity (Wildman–Crippen MR) is 136 cm³/mol. The summed E-state index contributed by atoms with van der Waals surface area (Å²) in [4.78, 5) is 4.89. The van der Waals surface area contributed by atoms with Crippen LogP contribution in [0.25, 0.3) is 33.4 Å². The highest BCUT2D eigenvalue weighted by molar-refractivity contribution is 6.21. The van der Waals surface area contributed by atoms with E-state index >= 15 is 0 Å². The van der Waals surface area contributed by atoms with Gasteiger partial charge in [-0.05, 0) is 40.0 Å². The summed E-state index contributed by atoms with van der Waals surface area (Å²) in [6, 6.07) is 31.9. The van der Waals surface area contributed by atoms with Crippen LogP contribution in [0.3, 0.4) is 0 Å². The Labute approximate surface area is 198 Å². The van der Waals surface area contributed by atoms with Crippen molar-refractivity contribution in [1.29, 1.82) is 0 Å².